The number of alkyl halides is 3. The molecule has 0 atom stereocenters. The van der Waals surface area contributed by atoms with Gasteiger partial charge in [0.05, 0.1) is 0 Å². The van der Waals surface area contributed by atoms with Gasteiger partial charge in [0.1, 0.15) is 0 Å². The zero-order valence-corrected chi connectivity index (χ0v) is 7.07. The Labute approximate surface area is 69.2 Å². The SMILES string of the molecule is Cn1cc(C(F)(F)F)nc1Br. The lowest BCUT2D eigenvalue weighted by atomic mass is 10.5. The van der Waals surface area contributed by atoms with Crippen molar-refractivity contribution in [3.8, 4) is 0 Å². The number of aryl methyl sites for hydroxylation is 1. The number of imidazole rings is 1. The molecule has 62 valence electrons. The van der Waals surface area contributed by atoms with Crippen LogP contribution in [-0.2, 0) is 13.2 Å². The Morgan fingerprint density at radius 2 is 2.09 bits per heavy atom. The average Bonchev–Trinajstić information content (AvgIpc) is 2.11. The van der Waals surface area contributed by atoms with Gasteiger partial charge in [0, 0.05) is 13.2 Å². The third-order valence-corrected chi connectivity index (χ3v) is 1.85. The second-order valence-corrected chi connectivity index (χ2v) is 2.71. The minimum Gasteiger partial charge on any atom is -0.328 e. The van der Waals surface area contributed by atoms with E-state index in [1.54, 1.807) is 0 Å². The van der Waals surface area contributed by atoms with E-state index >= 15 is 0 Å². The van der Waals surface area contributed by atoms with Gasteiger partial charge in [-0.3, -0.25) is 0 Å². The van der Waals surface area contributed by atoms with Gasteiger partial charge in [-0.05, 0) is 15.9 Å². The Morgan fingerprint density at radius 3 is 2.27 bits per heavy atom. The predicted octanol–water partition coefficient (Wildman–Crippen LogP) is 2.20. The van der Waals surface area contributed by atoms with Crippen LogP contribution in [0.3, 0.4) is 0 Å². The molecule has 0 unspecified atom stereocenters. The first kappa shape index (κ1) is 8.58. The molecular formula is C5H4BrF3N2. The summed E-state index contributed by atoms with van der Waals surface area (Å²) >= 11 is 2.86. The van der Waals surface area contributed by atoms with Crippen LogP contribution in [0.15, 0.2) is 10.9 Å². The molecule has 6 heteroatoms. The molecule has 0 bridgehead atoms. The maximum Gasteiger partial charge on any atom is 0.434 e. The van der Waals surface area contributed by atoms with Crippen molar-refractivity contribution in [1.82, 2.24) is 9.55 Å². The van der Waals surface area contributed by atoms with E-state index in [0.717, 1.165) is 6.20 Å². The monoisotopic (exact) mass is 228 g/mol. The first-order valence-corrected chi connectivity index (χ1v) is 3.46. The lowest BCUT2D eigenvalue weighted by molar-refractivity contribution is -0.141. The van der Waals surface area contributed by atoms with Crippen LogP contribution >= 0.6 is 15.9 Å². The summed E-state index contributed by atoms with van der Waals surface area (Å²) in [5.41, 5.74) is -0.883. The van der Waals surface area contributed by atoms with Crippen molar-refractivity contribution < 1.29 is 13.2 Å². The Balaban J connectivity index is 3.08. The van der Waals surface area contributed by atoms with Crippen LogP contribution in [0.5, 0.6) is 0 Å². The number of hydrogen-bond donors (Lipinski definition) is 0. The number of rotatable bonds is 0. The molecule has 0 aromatic carbocycles. The first-order valence-electron chi connectivity index (χ1n) is 2.67. The molecule has 0 saturated carbocycles. The van der Waals surface area contributed by atoms with Gasteiger partial charge >= 0.3 is 6.18 Å². The summed E-state index contributed by atoms with van der Waals surface area (Å²) in [6.45, 7) is 0. The first-order chi connectivity index (χ1) is 4.91. The molecule has 0 N–H and O–H groups in total. The quantitative estimate of drug-likeness (QED) is 0.666. The van der Waals surface area contributed by atoms with Crippen molar-refractivity contribution in [3.05, 3.63) is 16.6 Å². The van der Waals surface area contributed by atoms with Gasteiger partial charge in [-0.15, -0.1) is 0 Å². The molecule has 11 heavy (non-hydrogen) atoms. The molecular weight excluding hydrogens is 225 g/mol. The smallest absolute Gasteiger partial charge is 0.328 e. The van der Waals surface area contributed by atoms with E-state index in [2.05, 4.69) is 20.9 Å². The minimum atomic E-state index is -4.36. The van der Waals surface area contributed by atoms with Gasteiger partial charge < -0.3 is 4.57 Å². The largest absolute Gasteiger partial charge is 0.434 e. The third kappa shape index (κ3) is 1.74. The fraction of sp³-hybridized carbons (Fsp3) is 0.400. The molecule has 0 aliphatic carbocycles. The van der Waals surface area contributed by atoms with E-state index in [4.69, 9.17) is 0 Å². The van der Waals surface area contributed by atoms with Crippen LogP contribution in [0.1, 0.15) is 5.69 Å². The van der Waals surface area contributed by atoms with E-state index in [9.17, 15) is 13.2 Å². The van der Waals surface area contributed by atoms with Crippen LogP contribution in [0.25, 0.3) is 0 Å². The van der Waals surface area contributed by atoms with Crippen molar-refractivity contribution in [2.45, 2.75) is 6.18 Å². The Kier molecular flexibility index (Phi) is 1.96. The molecule has 1 aromatic rings. The fourth-order valence-corrected chi connectivity index (χ4v) is 0.874. The highest BCUT2D eigenvalue weighted by molar-refractivity contribution is 9.10. The molecule has 0 spiro atoms. The third-order valence-electron chi connectivity index (χ3n) is 1.11. The van der Waals surface area contributed by atoms with Crippen molar-refractivity contribution >= 4 is 15.9 Å². The second kappa shape index (κ2) is 2.51. The summed E-state index contributed by atoms with van der Waals surface area (Å²) in [6.07, 6.45) is -3.44. The Hall–Kier alpha value is -0.520. The zero-order chi connectivity index (χ0) is 8.65. The summed E-state index contributed by atoms with van der Waals surface area (Å²) < 4.78 is 37.1. The van der Waals surface area contributed by atoms with Crippen molar-refractivity contribution in [1.29, 1.82) is 0 Å². The summed E-state index contributed by atoms with van der Waals surface area (Å²) in [6, 6.07) is 0. The lowest BCUT2D eigenvalue weighted by Gasteiger charge is -1.98. The molecule has 1 heterocycles. The normalized spacial score (nSPS) is 12.1. The standard InChI is InChI=1S/C5H4BrF3N2/c1-11-2-3(5(7,8)9)10-4(11)6/h2H,1H3. The molecule has 0 fully saturated rings. The number of nitrogens with zero attached hydrogens (tertiary/aromatic N) is 2. The molecule has 0 saturated heterocycles. The van der Waals surface area contributed by atoms with Crippen LogP contribution < -0.4 is 0 Å². The molecule has 0 aliphatic heterocycles. The van der Waals surface area contributed by atoms with Gasteiger partial charge in [-0.1, -0.05) is 0 Å². The molecule has 1 rings (SSSR count). The minimum absolute atomic E-state index is 0.171. The molecule has 1 aromatic heterocycles. The van der Waals surface area contributed by atoms with Crippen LogP contribution in [0.2, 0.25) is 0 Å². The summed E-state index contributed by atoms with van der Waals surface area (Å²) in [4.78, 5) is 3.24. The highest BCUT2D eigenvalue weighted by atomic mass is 79.9. The maximum atomic E-state index is 11.9. The molecule has 0 amide bonds. The summed E-state index contributed by atoms with van der Waals surface area (Å²) in [5.74, 6) is 0. The second-order valence-electron chi connectivity index (χ2n) is 2.00. The predicted molar refractivity (Wildman–Crippen MR) is 35.9 cm³/mol. The molecule has 0 radical (unpaired) electrons. The van der Waals surface area contributed by atoms with Crippen molar-refractivity contribution in [2.75, 3.05) is 0 Å². The molecule has 0 aliphatic rings. The zero-order valence-electron chi connectivity index (χ0n) is 5.48. The number of hydrogen-bond acceptors (Lipinski definition) is 1. The average molecular weight is 229 g/mol. The molecule has 2 nitrogen and oxygen atoms in total. The number of halogens is 4. The van der Waals surface area contributed by atoms with Crippen molar-refractivity contribution in [2.24, 2.45) is 7.05 Å². The van der Waals surface area contributed by atoms with Crippen LogP contribution in [0, 0.1) is 0 Å². The van der Waals surface area contributed by atoms with E-state index < -0.39 is 11.9 Å². The van der Waals surface area contributed by atoms with E-state index in [0.29, 0.717) is 0 Å². The van der Waals surface area contributed by atoms with Gasteiger partial charge in [0.15, 0.2) is 10.4 Å². The lowest BCUT2D eigenvalue weighted by Crippen LogP contribution is -2.04. The number of aromatic nitrogens is 2. The Bertz CT molecular complexity index is 246. The highest BCUT2D eigenvalue weighted by Crippen LogP contribution is 2.28. The van der Waals surface area contributed by atoms with E-state index in [1.807, 2.05) is 0 Å². The van der Waals surface area contributed by atoms with Crippen LogP contribution in [-0.4, -0.2) is 9.55 Å². The van der Waals surface area contributed by atoms with Gasteiger partial charge in [-0.2, -0.15) is 13.2 Å². The van der Waals surface area contributed by atoms with E-state index in [-0.39, 0.29) is 4.73 Å². The topological polar surface area (TPSA) is 17.8 Å². The summed E-state index contributed by atoms with van der Waals surface area (Å²) in [7, 11) is 1.48. The fourth-order valence-electron chi connectivity index (χ4n) is 0.580. The Morgan fingerprint density at radius 1 is 1.55 bits per heavy atom. The van der Waals surface area contributed by atoms with Gasteiger partial charge in [0.2, 0.25) is 0 Å². The van der Waals surface area contributed by atoms with E-state index in [1.165, 1.54) is 11.6 Å². The maximum absolute atomic E-state index is 11.9. The highest BCUT2D eigenvalue weighted by Gasteiger charge is 2.34. The van der Waals surface area contributed by atoms with Crippen molar-refractivity contribution in [3.63, 3.8) is 0 Å². The van der Waals surface area contributed by atoms with Gasteiger partial charge in [-0.25, -0.2) is 4.98 Å². The summed E-state index contributed by atoms with van der Waals surface area (Å²) in [5, 5.41) is 0. The van der Waals surface area contributed by atoms with Gasteiger partial charge in [0.25, 0.3) is 0 Å². The van der Waals surface area contributed by atoms with Crippen LogP contribution in [0.4, 0.5) is 13.2 Å².